The van der Waals surface area contributed by atoms with E-state index < -0.39 is 6.09 Å². The molecule has 2 aromatic carbocycles. The average molecular weight is 324 g/mol. The molecule has 0 unspecified atom stereocenters. The highest BCUT2D eigenvalue weighted by atomic mass is 16.4. The molecule has 1 N–H and O–H groups in total. The van der Waals surface area contributed by atoms with Crippen LogP contribution in [-0.2, 0) is 6.54 Å². The summed E-state index contributed by atoms with van der Waals surface area (Å²) < 4.78 is 0. The molecular formula is C20H24N2O2. The van der Waals surface area contributed by atoms with Crippen LogP contribution in [0, 0.1) is 0 Å². The third-order valence-corrected chi connectivity index (χ3v) is 4.87. The predicted molar refractivity (Wildman–Crippen MR) is 96.0 cm³/mol. The summed E-state index contributed by atoms with van der Waals surface area (Å²) in [7, 11) is 1.67. The van der Waals surface area contributed by atoms with E-state index in [1.165, 1.54) is 21.6 Å². The van der Waals surface area contributed by atoms with E-state index >= 15 is 0 Å². The van der Waals surface area contributed by atoms with Crippen molar-refractivity contribution in [1.82, 2.24) is 9.80 Å². The van der Waals surface area contributed by atoms with Crippen LogP contribution in [0.4, 0.5) is 4.79 Å². The molecule has 1 aliphatic rings. The maximum absolute atomic E-state index is 11.0. The number of hydrogen-bond donors (Lipinski definition) is 1. The topological polar surface area (TPSA) is 43.8 Å². The highest BCUT2D eigenvalue weighted by Crippen LogP contribution is 2.21. The molecule has 0 aromatic heterocycles. The van der Waals surface area contributed by atoms with Crippen molar-refractivity contribution in [3.63, 3.8) is 0 Å². The van der Waals surface area contributed by atoms with Gasteiger partial charge in [0.25, 0.3) is 0 Å². The fourth-order valence-corrected chi connectivity index (χ4v) is 3.31. The second kappa shape index (κ2) is 7.49. The van der Waals surface area contributed by atoms with Gasteiger partial charge in [0, 0.05) is 32.7 Å². The molecular weight excluding hydrogens is 300 g/mol. The smallest absolute Gasteiger partial charge is 0.407 e. The molecule has 4 heteroatoms. The van der Waals surface area contributed by atoms with Crippen LogP contribution in [0.5, 0.6) is 0 Å². The summed E-state index contributed by atoms with van der Waals surface area (Å²) in [5.74, 6) is 0. The molecule has 1 fully saturated rings. The summed E-state index contributed by atoms with van der Waals surface area (Å²) in [6.45, 7) is 2.82. The second-order valence-electron chi connectivity index (χ2n) is 6.46. The largest absolute Gasteiger partial charge is 0.465 e. The van der Waals surface area contributed by atoms with Gasteiger partial charge in [-0.3, -0.25) is 4.90 Å². The Kier molecular flexibility index (Phi) is 5.16. The number of amides is 1. The van der Waals surface area contributed by atoms with E-state index in [0.717, 1.165) is 32.5 Å². The Balaban J connectivity index is 1.55. The Morgan fingerprint density at radius 1 is 1.04 bits per heavy atom. The monoisotopic (exact) mass is 324 g/mol. The maximum Gasteiger partial charge on any atom is 0.407 e. The molecule has 1 saturated heterocycles. The highest BCUT2D eigenvalue weighted by molar-refractivity contribution is 5.65. The van der Waals surface area contributed by atoms with Crippen molar-refractivity contribution in [1.29, 1.82) is 0 Å². The Bertz CT molecular complexity index is 662. The van der Waals surface area contributed by atoms with E-state index in [2.05, 4.69) is 53.4 Å². The zero-order chi connectivity index (χ0) is 16.9. The van der Waals surface area contributed by atoms with Gasteiger partial charge < -0.3 is 10.0 Å². The van der Waals surface area contributed by atoms with E-state index in [4.69, 9.17) is 5.11 Å². The van der Waals surface area contributed by atoms with Crippen LogP contribution in [-0.4, -0.2) is 47.2 Å². The third kappa shape index (κ3) is 3.95. The van der Waals surface area contributed by atoms with Gasteiger partial charge in [-0.2, -0.15) is 0 Å². The minimum atomic E-state index is -0.829. The third-order valence-electron chi connectivity index (χ3n) is 4.87. The minimum Gasteiger partial charge on any atom is -0.465 e. The summed E-state index contributed by atoms with van der Waals surface area (Å²) in [6.07, 6.45) is 0.987. The molecule has 2 aromatic rings. The van der Waals surface area contributed by atoms with Gasteiger partial charge in [-0.1, -0.05) is 54.6 Å². The number of piperidine rings is 1. The molecule has 0 aliphatic carbocycles. The average Bonchev–Trinajstić information content (AvgIpc) is 2.63. The lowest BCUT2D eigenvalue weighted by Crippen LogP contribution is -2.44. The van der Waals surface area contributed by atoms with E-state index in [1.54, 1.807) is 7.05 Å². The van der Waals surface area contributed by atoms with Crippen molar-refractivity contribution in [2.75, 3.05) is 20.1 Å². The van der Waals surface area contributed by atoms with Gasteiger partial charge in [0.2, 0.25) is 0 Å². The van der Waals surface area contributed by atoms with Gasteiger partial charge in [-0.05, 0) is 29.5 Å². The number of likely N-dealkylation sites (tertiary alicyclic amines) is 1. The van der Waals surface area contributed by atoms with Crippen LogP contribution in [0.15, 0.2) is 54.6 Å². The standard InChI is InChI=1S/C20H24N2O2/c1-21(20(23)24)19-11-13-22(14-12-19)15-16-7-9-18(10-8-16)17-5-3-2-4-6-17/h2-10,19H,11-15H2,1H3,(H,23,24). The van der Waals surface area contributed by atoms with Crippen molar-refractivity contribution in [3.8, 4) is 11.1 Å². The van der Waals surface area contributed by atoms with Gasteiger partial charge in [0.05, 0.1) is 0 Å². The molecule has 0 atom stereocenters. The van der Waals surface area contributed by atoms with E-state index in [1.807, 2.05) is 6.07 Å². The molecule has 126 valence electrons. The Labute approximate surface area is 143 Å². The van der Waals surface area contributed by atoms with Gasteiger partial charge in [0.1, 0.15) is 0 Å². The second-order valence-corrected chi connectivity index (χ2v) is 6.46. The van der Waals surface area contributed by atoms with E-state index in [9.17, 15) is 4.79 Å². The zero-order valence-corrected chi connectivity index (χ0v) is 14.1. The van der Waals surface area contributed by atoms with Gasteiger partial charge in [-0.15, -0.1) is 0 Å². The Morgan fingerprint density at radius 2 is 1.62 bits per heavy atom. The molecule has 1 heterocycles. The molecule has 0 bridgehead atoms. The number of benzene rings is 2. The molecule has 24 heavy (non-hydrogen) atoms. The van der Waals surface area contributed by atoms with Crippen molar-refractivity contribution in [2.24, 2.45) is 0 Å². The van der Waals surface area contributed by atoms with Crippen LogP contribution >= 0.6 is 0 Å². The molecule has 3 rings (SSSR count). The first kappa shape index (κ1) is 16.5. The first-order valence-corrected chi connectivity index (χ1v) is 8.46. The maximum atomic E-state index is 11.0. The first-order valence-electron chi connectivity index (χ1n) is 8.46. The minimum absolute atomic E-state index is 0.152. The van der Waals surface area contributed by atoms with Crippen molar-refractivity contribution in [2.45, 2.75) is 25.4 Å². The SMILES string of the molecule is CN(C(=O)O)C1CCN(Cc2ccc(-c3ccccc3)cc2)CC1. The van der Waals surface area contributed by atoms with E-state index in [0.29, 0.717) is 0 Å². The van der Waals surface area contributed by atoms with Gasteiger partial charge in [0.15, 0.2) is 0 Å². The lowest BCUT2D eigenvalue weighted by Gasteiger charge is -2.35. The fourth-order valence-electron chi connectivity index (χ4n) is 3.31. The number of hydrogen-bond acceptors (Lipinski definition) is 2. The Morgan fingerprint density at radius 3 is 2.21 bits per heavy atom. The molecule has 4 nitrogen and oxygen atoms in total. The summed E-state index contributed by atoms with van der Waals surface area (Å²) in [4.78, 5) is 14.9. The molecule has 0 spiro atoms. The number of rotatable bonds is 4. The van der Waals surface area contributed by atoms with Crippen molar-refractivity contribution in [3.05, 3.63) is 60.2 Å². The molecule has 1 amide bonds. The van der Waals surface area contributed by atoms with Crippen LogP contribution in [0.25, 0.3) is 11.1 Å². The summed E-state index contributed by atoms with van der Waals surface area (Å²) in [5.41, 5.74) is 3.78. The quantitative estimate of drug-likeness (QED) is 0.927. The zero-order valence-electron chi connectivity index (χ0n) is 14.1. The molecule has 0 radical (unpaired) electrons. The van der Waals surface area contributed by atoms with Gasteiger partial charge >= 0.3 is 6.09 Å². The summed E-state index contributed by atoms with van der Waals surface area (Å²) in [5, 5.41) is 9.07. The lowest BCUT2D eigenvalue weighted by molar-refractivity contribution is 0.103. The van der Waals surface area contributed by atoms with Crippen LogP contribution < -0.4 is 0 Å². The van der Waals surface area contributed by atoms with Crippen LogP contribution in [0.3, 0.4) is 0 Å². The first-order chi connectivity index (χ1) is 11.6. The predicted octanol–water partition coefficient (Wildman–Crippen LogP) is 3.93. The Hall–Kier alpha value is -2.33. The normalized spacial score (nSPS) is 16.0. The van der Waals surface area contributed by atoms with Crippen LogP contribution in [0.2, 0.25) is 0 Å². The molecule has 0 saturated carbocycles. The molecule has 1 aliphatic heterocycles. The van der Waals surface area contributed by atoms with E-state index in [-0.39, 0.29) is 6.04 Å². The van der Waals surface area contributed by atoms with Crippen molar-refractivity contribution >= 4 is 6.09 Å². The lowest BCUT2D eigenvalue weighted by atomic mass is 10.0. The summed E-state index contributed by atoms with van der Waals surface area (Å²) >= 11 is 0. The van der Waals surface area contributed by atoms with Gasteiger partial charge in [-0.25, -0.2) is 4.79 Å². The number of carbonyl (C=O) groups is 1. The number of carboxylic acid groups (broad SMARTS) is 1. The highest BCUT2D eigenvalue weighted by Gasteiger charge is 2.24. The van der Waals surface area contributed by atoms with Crippen LogP contribution in [0.1, 0.15) is 18.4 Å². The number of nitrogens with zero attached hydrogens (tertiary/aromatic N) is 2. The fraction of sp³-hybridized carbons (Fsp3) is 0.350. The van der Waals surface area contributed by atoms with Crippen molar-refractivity contribution < 1.29 is 9.90 Å². The summed E-state index contributed by atoms with van der Waals surface area (Å²) in [6, 6.07) is 19.3.